The van der Waals surface area contributed by atoms with Gasteiger partial charge in [-0.15, -0.1) is 0 Å². The van der Waals surface area contributed by atoms with E-state index in [1.165, 1.54) is 24.4 Å². The van der Waals surface area contributed by atoms with Crippen molar-refractivity contribution in [1.82, 2.24) is 19.3 Å². The first kappa shape index (κ1) is 15.4. The molecule has 0 spiro atoms. The molecule has 128 valence electrons. The van der Waals surface area contributed by atoms with E-state index in [-0.39, 0.29) is 5.95 Å². The third-order valence-corrected chi connectivity index (χ3v) is 4.99. The summed E-state index contributed by atoms with van der Waals surface area (Å²) in [6, 6.07) is 0.838. The second-order valence-electron chi connectivity index (χ2n) is 5.98. The van der Waals surface area contributed by atoms with Crippen molar-refractivity contribution in [1.29, 1.82) is 0 Å². The summed E-state index contributed by atoms with van der Waals surface area (Å²) in [5, 5.41) is 0.902. The Balaban J connectivity index is 1.44. The molecule has 0 bridgehead atoms. The van der Waals surface area contributed by atoms with Crippen LogP contribution in [0, 0.1) is 0 Å². The van der Waals surface area contributed by atoms with Crippen molar-refractivity contribution in [3.8, 4) is 0 Å². The second kappa shape index (κ2) is 6.08. The molecule has 1 aliphatic heterocycles. The summed E-state index contributed by atoms with van der Waals surface area (Å²) in [6.45, 7) is 2.52. The first-order chi connectivity index (χ1) is 11.6. The van der Waals surface area contributed by atoms with E-state index < -0.39 is 17.7 Å². The molecule has 24 heavy (non-hydrogen) atoms. The van der Waals surface area contributed by atoms with Gasteiger partial charge >= 0.3 is 0 Å². The average molecular weight is 354 g/mol. The number of nitrogens with zero attached hydrogens (tertiary/aromatic N) is 5. The molecule has 1 N–H and O–H groups in total. The van der Waals surface area contributed by atoms with Crippen LogP contribution in [0.2, 0.25) is 0 Å². The van der Waals surface area contributed by atoms with Crippen LogP contribution in [0.1, 0.15) is 36.7 Å². The van der Waals surface area contributed by atoms with Gasteiger partial charge in [-0.3, -0.25) is 9.78 Å². The molecule has 2 aliphatic rings. The molecule has 4 rings (SSSR count). The van der Waals surface area contributed by atoms with Gasteiger partial charge in [0.1, 0.15) is 11.5 Å². The Morgan fingerprint density at radius 3 is 2.54 bits per heavy atom. The maximum Gasteiger partial charge on any atom is 0.280 e. The molecule has 0 radical (unpaired) electrons. The summed E-state index contributed by atoms with van der Waals surface area (Å²) < 4.78 is 30.0. The Morgan fingerprint density at radius 2 is 1.88 bits per heavy atom. The third kappa shape index (κ3) is 3.10. The van der Waals surface area contributed by atoms with Crippen molar-refractivity contribution in [2.45, 2.75) is 25.2 Å². The van der Waals surface area contributed by atoms with E-state index >= 15 is 0 Å². The maximum atomic E-state index is 12.8. The van der Waals surface area contributed by atoms with E-state index in [1.54, 1.807) is 0 Å². The summed E-state index contributed by atoms with van der Waals surface area (Å²) in [5.41, 5.74) is -1.05. The summed E-state index contributed by atoms with van der Waals surface area (Å²) in [4.78, 5) is 26.5. The van der Waals surface area contributed by atoms with Crippen LogP contribution >= 0.6 is 11.5 Å². The minimum Gasteiger partial charge on any atom is -0.343 e. The first-order valence-corrected chi connectivity index (χ1v) is 8.60. The van der Waals surface area contributed by atoms with Gasteiger partial charge in [-0.25, -0.2) is 18.7 Å². The second-order valence-corrected chi connectivity index (χ2v) is 6.71. The van der Waals surface area contributed by atoms with Crippen LogP contribution < -0.4 is 15.4 Å². The molecule has 0 aromatic carbocycles. The third-order valence-electron chi connectivity index (χ3n) is 4.20. The molecule has 1 saturated carbocycles. The molecule has 7 nitrogen and oxygen atoms in total. The SMILES string of the molecule is O=c1cc(C(F)F)nc(N2CCN(c3nc(C4CC4)ns3)CC2)[nH]1. The normalized spacial score (nSPS) is 18.5. The Bertz CT molecular complexity index is 782. The van der Waals surface area contributed by atoms with Crippen LogP contribution in [-0.2, 0) is 0 Å². The number of halogens is 2. The van der Waals surface area contributed by atoms with Gasteiger partial charge in [0.25, 0.3) is 12.0 Å². The van der Waals surface area contributed by atoms with Crippen LogP contribution in [0.3, 0.4) is 0 Å². The number of alkyl halides is 2. The number of H-pyrrole nitrogens is 1. The molecule has 0 amide bonds. The van der Waals surface area contributed by atoms with E-state index in [2.05, 4.69) is 24.2 Å². The highest BCUT2D eigenvalue weighted by atomic mass is 32.1. The van der Waals surface area contributed by atoms with Crippen molar-refractivity contribution in [2.24, 2.45) is 0 Å². The monoisotopic (exact) mass is 354 g/mol. The molecule has 1 saturated heterocycles. The van der Waals surface area contributed by atoms with Gasteiger partial charge in [0.15, 0.2) is 0 Å². The molecule has 2 aromatic heterocycles. The largest absolute Gasteiger partial charge is 0.343 e. The van der Waals surface area contributed by atoms with Gasteiger partial charge < -0.3 is 9.80 Å². The zero-order valence-corrected chi connectivity index (χ0v) is 13.6. The Kier molecular flexibility index (Phi) is 3.91. The summed E-state index contributed by atoms with van der Waals surface area (Å²) in [6.07, 6.45) is -0.415. The minimum atomic E-state index is -2.76. The Labute approximate surface area is 140 Å². The zero-order chi connectivity index (χ0) is 16.7. The number of rotatable bonds is 4. The minimum absolute atomic E-state index is 0.202. The van der Waals surface area contributed by atoms with Crippen LogP contribution in [0.4, 0.5) is 19.9 Å². The number of nitrogens with one attached hydrogen (secondary N) is 1. The Morgan fingerprint density at radius 1 is 1.17 bits per heavy atom. The quantitative estimate of drug-likeness (QED) is 0.902. The van der Waals surface area contributed by atoms with E-state index in [1.807, 2.05) is 4.90 Å². The predicted molar refractivity (Wildman–Crippen MR) is 86.1 cm³/mol. The van der Waals surface area contributed by atoms with Gasteiger partial charge in [0.05, 0.1) is 0 Å². The molecule has 2 fully saturated rings. The fraction of sp³-hybridized carbons (Fsp3) is 0.571. The van der Waals surface area contributed by atoms with E-state index in [9.17, 15) is 13.6 Å². The lowest BCUT2D eigenvalue weighted by Crippen LogP contribution is -2.47. The van der Waals surface area contributed by atoms with Crippen molar-refractivity contribution in [2.75, 3.05) is 36.0 Å². The van der Waals surface area contributed by atoms with Crippen molar-refractivity contribution >= 4 is 22.6 Å². The zero-order valence-electron chi connectivity index (χ0n) is 12.8. The summed E-state index contributed by atoms with van der Waals surface area (Å²) in [5.74, 6) is 1.67. The van der Waals surface area contributed by atoms with Crippen LogP contribution in [-0.4, -0.2) is 45.5 Å². The number of aromatic nitrogens is 4. The fourth-order valence-electron chi connectivity index (χ4n) is 2.70. The van der Waals surface area contributed by atoms with Gasteiger partial charge in [-0.05, 0) is 12.8 Å². The van der Waals surface area contributed by atoms with Gasteiger partial charge in [0, 0.05) is 49.7 Å². The number of piperazine rings is 1. The number of aromatic amines is 1. The molecule has 10 heteroatoms. The average Bonchev–Trinajstić information content (AvgIpc) is 3.31. The number of anilines is 2. The van der Waals surface area contributed by atoms with Crippen LogP contribution in [0.25, 0.3) is 0 Å². The fourth-order valence-corrected chi connectivity index (χ4v) is 3.49. The van der Waals surface area contributed by atoms with Gasteiger partial charge in [-0.2, -0.15) is 4.37 Å². The van der Waals surface area contributed by atoms with E-state index in [0.29, 0.717) is 32.1 Å². The molecular formula is C14H16F2N6OS. The molecule has 0 unspecified atom stereocenters. The van der Waals surface area contributed by atoms with E-state index in [4.69, 9.17) is 0 Å². The lowest BCUT2D eigenvalue weighted by atomic mass is 10.3. The predicted octanol–water partition coefficient (Wildman–Crippen LogP) is 1.76. The number of hydrogen-bond donors (Lipinski definition) is 1. The van der Waals surface area contributed by atoms with Crippen molar-refractivity contribution in [3.05, 3.63) is 27.9 Å². The topological polar surface area (TPSA) is 78.0 Å². The summed E-state index contributed by atoms with van der Waals surface area (Å²) >= 11 is 1.40. The van der Waals surface area contributed by atoms with E-state index in [0.717, 1.165) is 17.0 Å². The number of hydrogen-bond acceptors (Lipinski definition) is 7. The lowest BCUT2D eigenvalue weighted by Gasteiger charge is -2.34. The molecular weight excluding hydrogens is 338 g/mol. The van der Waals surface area contributed by atoms with Crippen molar-refractivity contribution in [3.63, 3.8) is 0 Å². The smallest absolute Gasteiger partial charge is 0.280 e. The highest BCUT2D eigenvalue weighted by molar-refractivity contribution is 7.09. The molecule has 0 atom stereocenters. The van der Waals surface area contributed by atoms with Crippen molar-refractivity contribution < 1.29 is 8.78 Å². The molecule has 2 aromatic rings. The standard InChI is InChI=1S/C14H16F2N6OS/c15-11(16)9-7-10(23)18-13(17-9)21-3-5-22(6-4-21)14-19-12(20-24-14)8-1-2-8/h7-8,11H,1-6H2,(H,17,18,23). The highest BCUT2D eigenvalue weighted by Gasteiger charge is 2.29. The lowest BCUT2D eigenvalue weighted by molar-refractivity contribution is 0.146. The highest BCUT2D eigenvalue weighted by Crippen LogP contribution is 2.39. The van der Waals surface area contributed by atoms with Gasteiger partial charge in [-0.1, -0.05) is 0 Å². The first-order valence-electron chi connectivity index (χ1n) is 7.83. The molecule has 1 aliphatic carbocycles. The Hall–Kier alpha value is -2.10. The molecule has 3 heterocycles. The summed E-state index contributed by atoms with van der Waals surface area (Å²) in [7, 11) is 0. The van der Waals surface area contributed by atoms with Gasteiger partial charge in [0.2, 0.25) is 11.1 Å². The maximum absolute atomic E-state index is 12.8. The van der Waals surface area contributed by atoms with Crippen LogP contribution in [0.5, 0.6) is 0 Å². The van der Waals surface area contributed by atoms with Crippen LogP contribution in [0.15, 0.2) is 10.9 Å².